The molecule has 0 amide bonds. The molecule has 0 bridgehead atoms. The molecule has 2 fully saturated rings. The maximum atomic E-state index is 11.8. The molecule has 3 rings (SSSR count). The number of ether oxygens (including phenoxy) is 2. The molecular weight excluding hydrogens is 220 g/mol. The van der Waals surface area contributed by atoms with E-state index in [9.17, 15) is 9.59 Å². The molecule has 0 radical (unpaired) electrons. The summed E-state index contributed by atoms with van der Waals surface area (Å²) in [6.07, 6.45) is 4.39. The molecule has 1 aliphatic heterocycles. The van der Waals surface area contributed by atoms with Crippen LogP contribution in [0.15, 0.2) is 11.6 Å². The van der Waals surface area contributed by atoms with Crippen LogP contribution in [0.1, 0.15) is 33.1 Å². The molecule has 4 nitrogen and oxygen atoms in total. The highest BCUT2D eigenvalue weighted by molar-refractivity contribution is 5.95. The topological polar surface area (TPSA) is 52.6 Å². The molecule has 0 aromatic heterocycles. The summed E-state index contributed by atoms with van der Waals surface area (Å²) in [5.74, 6) is -0.0471. The van der Waals surface area contributed by atoms with Gasteiger partial charge in [-0.3, -0.25) is 4.79 Å². The summed E-state index contributed by atoms with van der Waals surface area (Å²) in [6.45, 7) is 3.48. The fourth-order valence-electron chi connectivity index (χ4n) is 3.67. The average Bonchev–Trinajstić information content (AvgIpc) is 2.68. The van der Waals surface area contributed by atoms with Crippen molar-refractivity contribution in [2.45, 2.75) is 44.8 Å². The van der Waals surface area contributed by atoms with Crippen molar-refractivity contribution in [3.63, 3.8) is 0 Å². The zero-order valence-electron chi connectivity index (χ0n) is 10.1. The molecule has 92 valence electrons. The number of hydrogen-bond donors (Lipinski definition) is 0. The van der Waals surface area contributed by atoms with Crippen molar-refractivity contribution >= 4 is 11.9 Å². The van der Waals surface area contributed by atoms with Crippen LogP contribution in [0.4, 0.5) is 0 Å². The lowest BCUT2D eigenvalue weighted by molar-refractivity contribution is -0.164. The molecule has 3 unspecified atom stereocenters. The molecule has 1 saturated heterocycles. The third-order valence-electron chi connectivity index (χ3n) is 4.17. The minimum atomic E-state index is -0.768. The Morgan fingerprint density at radius 3 is 3.00 bits per heavy atom. The lowest BCUT2D eigenvalue weighted by Gasteiger charge is -2.37. The van der Waals surface area contributed by atoms with Gasteiger partial charge in [0, 0.05) is 12.8 Å². The normalized spacial score (nSPS) is 42.8. The van der Waals surface area contributed by atoms with Crippen molar-refractivity contribution in [3.8, 4) is 0 Å². The summed E-state index contributed by atoms with van der Waals surface area (Å²) in [7, 11) is 0. The predicted octanol–water partition coefficient (Wildman–Crippen LogP) is 1.59. The molecule has 4 atom stereocenters. The van der Waals surface area contributed by atoms with Gasteiger partial charge in [0.15, 0.2) is 5.60 Å². The van der Waals surface area contributed by atoms with E-state index in [4.69, 9.17) is 9.47 Å². The Kier molecular flexibility index (Phi) is 2.12. The van der Waals surface area contributed by atoms with Gasteiger partial charge in [-0.1, -0.05) is 13.0 Å². The molecule has 3 aliphatic rings. The number of rotatable bonds is 1. The van der Waals surface area contributed by atoms with Gasteiger partial charge in [0.2, 0.25) is 0 Å². The van der Waals surface area contributed by atoms with E-state index < -0.39 is 5.60 Å². The minimum Gasteiger partial charge on any atom is -0.454 e. The van der Waals surface area contributed by atoms with Crippen LogP contribution < -0.4 is 0 Å². The van der Waals surface area contributed by atoms with E-state index >= 15 is 0 Å². The van der Waals surface area contributed by atoms with Crippen LogP contribution in [-0.2, 0) is 19.1 Å². The van der Waals surface area contributed by atoms with Crippen molar-refractivity contribution in [1.29, 1.82) is 0 Å². The number of hydrogen-bond acceptors (Lipinski definition) is 4. The van der Waals surface area contributed by atoms with Gasteiger partial charge < -0.3 is 9.47 Å². The maximum Gasteiger partial charge on any atom is 0.338 e. The van der Waals surface area contributed by atoms with Crippen molar-refractivity contribution in [3.05, 3.63) is 11.6 Å². The Morgan fingerprint density at radius 1 is 1.53 bits per heavy atom. The highest BCUT2D eigenvalue weighted by Gasteiger charge is 2.65. The molecule has 0 aromatic rings. The largest absolute Gasteiger partial charge is 0.454 e. The van der Waals surface area contributed by atoms with Crippen molar-refractivity contribution in [2.24, 2.45) is 11.8 Å². The third-order valence-corrected chi connectivity index (χ3v) is 4.17. The van der Waals surface area contributed by atoms with Gasteiger partial charge in [0.1, 0.15) is 6.10 Å². The standard InChI is InChI=1S/C13H16O4/c1-7-5-9-3-4-11-13(9,17-8(2)14)10(6-7)12(15)16-11/h6-7,9,11H,3-5H2,1-2H3/t7?,9?,11?,13-/m0/s1. The minimum absolute atomic E-state index is 0.234. The van der Waals surface area contributed by atoms with Crippen LogP contribution in [0.2, 0.25) is 0 Å². The van der Waals surface area contributed by atoms with Crippen LogP contribution in [-0.4, -0.2) is 23.6 Å². The lowest BCUT2D eigenvalue weighted by Crippen LogP contribution is -2.47. The van der Waals surface area contributed by atoms with Gasteiger partial charge in [-0.05, 0) is 25.2 Å². The van der Waals surface area contributed by atoms with E-state index in [0.29, 0.717) is 11.5 Å². The zero-order valence-corrected chi connectivity index (χ0v) is 10.1. The molecule has 0 spiro atoms. The second-order valence-corrected chi connectivity index (χ2v) is 5.35. The lowest BCUT2D eigenvalue weighted by atomic mass is 9.73. The van der Waals surface area contributed by atoms with Crippen LogP contribution in [0, 0.1) is 11.8 Å². The smallest absolute Gasteiger partial charge is 0.338 e. The summed E-state index contributed by atoms with van der Waals surface area (Å²) >= 11 is 0. The molecule has 4 heteroatoms. The maximum absolute atomic E-state index is 11.8. The molecule has 1 heterocycles. The van der Waals surface area contributed by atoms with Crippen LogP contribution >= 0.6 is 0 Å². The van der Waals surface area contributed by atoms with Gasteiger partial charge in [0.25, 0.3) is 0 Å². The molecular formula is C13H16O4. The highest BCUT2D eigenvalue weighted by Crippen LogP contribution is 2.55. The first-order valence-corrected chi connectivity index (χ1v) is 6.17. The quantitative estimate of drug-likeness (QED) is 0.649. The summed E-state index contributed by atoms with van der Waals surface area (Å²) in [4.78, 5) is 23.2. The zero-order chi connectivity index (χ0) is 12.2. The predicted molar refractivity (Wildman–Crippen MR) is 59.0 cm³/mol. The van der Waals surface area contributed by atoms with Crippen molar-refractivity contribution < 1.29 is 19.1 Å². The van der Waals surface area contributed by atoms with E-state index in [1.807, 2.05) is 6.08 Å². The summed E-state index contributed by atoms with van der Waals surface area (Å²) in [5.41, 5.74) is -0.186. The van der Waals surface area contributed by atoms with E-state index in [2.05, 4.69) is 6.92 Å². The molecule has 17 heavy (non-hydrogen) atoms. The van der Waals surface area contributed by atoms with Gasteiger partial charge >= 0.3 is 11.9 Å². The van der Waals surface area contributed by atoms with Crippen molar-refractivity contribution in [2.75, 3.05) is 0 Å². The van der Waals surface area contributed by atoms with E-state index in [-0.39, 0.29) is 24.0 Å². The summed E-state index contributed by atoms with van der Waals surface area (Å²) in [5, 5.41) is 0. The highest BCUT2D eigenvalue weighted by atomic mass is 16.6. The molecule has 0 N–H and O–H groups in total. The first-order valence-electron chi connectivity index (χ1n) is 6.17. The Labute approximate surface area is 100.0 Å². The van der Waals surface area contributed by atoms with Crippen LogP contribution in [0.3, 0.4) is 0 Å². The van der Waals surface area contributed by atoms with Gasteiger partial charge in [-0.25, -0.2) is 4.79 Å². The van der Waals surface area contributed by atoms with Gasteiger partial charge in [-0.2, -0.15) is 0 Å². The summed E-state index contributed by atoms with van der Waals surface area (Å²) < 4.78 is 10.9. The second kappa shape index (κ2) is 3.34. The fraction of sp³-hybridized carbons (Fsp3) is 0.692. The molecule has 0 aromatic carbocycles. The number of carbonyl (C=O) groups excluding carboxylic acids is 2. The van der Waals surface area contributed by atoms with Gasteiger partial charge in [-0.15, -0.1) is 0 Å². The Morgan fingerprint density at radius 2 is 2.29 bits per heavy atom. The first-order chi connectivity index (χ1) is 8.04. The molecule has 2 aliphatic carbocycles. The monoisotopic (exact) mass is 236 g/mol. The van der Waals surface area contributed by atoms with E-state index in [1.165, 1.54) is 6.92 Å². The molecule has 1 saturated carbocycles. The number of allylic oxidation sites excluding steroid dienone is 1. The van der Waals surface area contributed by atoms with Gasteiger partial charge in [0.05, 0.1) is 5.57 Å². The third kappa shape index (κ3) is 1.30. The fourth-order valence-corrected chi connectivity index (χ4v) is 3.67. The Balaban J connectivity index is 2.11. The summed E-state index contributed by atoms with van der Waals surface area (Å²) in [6, 6.07) is 0. The Bertz CT molecular complexity index is 425. The number of carbonyl (C=O) groups is 2. The van der Waals surface area contributed by atoms with E-state index in [0.717, 1.165) is 19.3 Å². The second-order valence-electron chi connectivity index (χ2n) is 5.35. The van der Waals surface area contributed by atoms with Crippen molar-refractivity contribution in [1.82, 2.24) is 0 Å². The number of esters is 2. The van der Waals surface area contributed by atoms with E-state index in [1.54, 1.807) is 0 Å². The average molecular weight is 236 g/mol. The van der Waals surface area contributed by atoms with Crippen LogP contribution in [0.5, 0.6) is 0 Å². The first kappa shape index (κ1) is 10.8. The Hall–Kier alpha value is -1.32. The van der Waals surface area contributed by atoms with Crippen LogP contribution in [0.25, 0.3) is 0 Å². The SMILES string of the molecule is CC(=O)O[C@]12C3=CC(C)CC1CCC2OC3=O.